The molecule has 7 nitrogen and oxygen atoms in total. The Kier molecular flexibility index (Phi) is 7.51. The first-order valence-electron chi connectivity index (χ1n) is 7.76. The minimum absolute atomic E-state index is 0.0476. The zero-order chi connectivity index (χ0) is 18.2. The number of rotatable bonds is 7. The van der Waals surface area contributed by atoms with E-state index in [1.165, 1.54) is 7.11 Å². The van der Waals surface area contributed by atoms with Crippen LogP contribution >= 0.6 is 0 Å². The second-order valence-electron chi connectivity index (χ2n) is 6.27. The molecule has 24 heavy (non-hydrogen) atoms. The van der Waals surface area contributed by atoms with Gasteiger partial charge in [0.05, 0.1) is 13.7 Å². The number of esters is 1. The van der Waals surface area contributed by atoms with E-state index in [1.54, 1.807) is 20.8 Å². The van der Waals surface area contributed by atoms with Crippen molar-refractivity contribution in [3.63, 3.8) is 0 Å². The van der Waals surface area contributed by atoms with Gasteiger partial charge < -0.3 is 25.2 Å². The highest BCUT2D eigenvalue weighted by Gasteiger charge is 2.25. The lowest BCUT2D eigenvalue weighted by atomic mass is 10.1. The summed E-state index contributed by atoms with van der Waals surface area (Å²) in [5.74, 6) is -0.539. The fourth-order valence-electron chi connectivity index (χ4n) is 1.98. The number of alkyl carbamates (subject to hydrolysis) is 1. The fourth-order valence-corrected chi connectivity index (χ4v) is 1.98. The highest BCUT2D eigenvalue weighted by molar-refractivity contribution is 5.81. The summed E-state index contributed by atoms with van der Waals surface area (Å²) in [7, 11) is 1.27. The maximum absolute atomic E-state index is 11.9. The molecule has 0 spiro atoms. The van der Waals surface area contributed by atoms with Gasteiger partial charge >= 0.3 is 12.1 Å². The summed E-state index contributed by atoms with van der Waals surface area (Å²) in [5.41, 5.74) is 1.07. The molecule has 0 heterocycles. The standard InChI is InChI=1S/C17H26N2O5/c1-17(2,3)24-16(22)19-14(15(21)23-4)11-12-5-7-13(8-6-12)18-9-10-20/h5-8,14,18,20H,9-11H2,1-4H3,(H,19,22)/t14-/m0/s1. The average Bonchev–Trinajstić information content (AvgIpc) is 2.51. The number of ether oxygens (including phenoxy) is 2. The number of amides is 1. The van der Waals surface area contributed by atoms with Gasteiger partial charge in [0.25, 0.3) is 0 Å². The molecule has 0 radical (unpaired) electrons. The molecule has 0 aliphatic rings. The second kappa shape index (κ2) is 9.12. The molecular formula is C17H26N2O5. The van der Waals surface area contributed by atoms with Crippen LogP contribution in [-0.2, 0) is 20.7 Å². The third-order valence-corrected chi connectivity index (χ3v) is 3.01. The van der Waals surface area contributed by atoms with Crippen molar-refractivity contribution in [2.45, 2.75) is 38.8 Å². The molecule has 134 valence electrons. The van der Waals surface area contributed by atoms with Gasteiger partial charge in [-0.2, -0.15) is 0 Å². The molecule has 1 amide bonds. The minimum Gasteiger partial charge on any atom is -0.467 e. The molecule has 3 N–H and O–H groups in total. The summed E-state index contributed by atoms with van der Waals surface area (Å²) in [6.07, 6.45) is -0.384. The average molecular weight is 338 g/mol. The van der Waals surface area contributed by atoms with Crippen LogP contribution in [0.15, 0.2) is 24.3 Å². The van der Waals surface area contributed by atoms with E-state index in [4.69, 9.17) is 14.6 Å². The normalized spacial score (nSPS) is 12.2. The molecule has 0 fully saturated rings. The number of anilines is 1. The zero-order valence-electron chi connectivity index (χ0n) is 14.6. The molecule has 1 rings (SSSR count). The van der Waals surface area contributed by atoms with Crippen LogP contribution in [0.25, 0.3) is 0 Å². The summed E-state index contributed by atoms with van der Waals surface area (Å²) in [6.45, 7) is 5.75. The number of hydrogen-bond acceptors (Lipinski definition) is 6. The van der Waals surface area contributed by atoms with E-state index < -0.39 is 23.7 Å². The molecule has 0 saturated carbocycles. The predicted molar refractivity (Wildman–Crippen MR) is 90.9 cm³/mol. The zero-order valence-corrected chi connectivity index (χ0v) is 14.6. The first-order chi connectivity index (χ1) is 11.2. The molecule has 0 aliphatic heterocycles. The van der Waals surface area contributed by atoms with Crippen molar-refractivity contribution in [3.8, 4) is 0 Å². The van der Waals surface area contributed by atoms with E-state index in [-0.39, 0.29) is 13.0 Å². The Bertz CT molecular complexity index is 537. The van der Waals surface area contributed by atoms with Crippen molar-refractivity contribution < 1.29 is 24.2 Å². The monoisotopic (exact) mass is 338 g/mol. The van der Waals surface area contributed by atoms with Crippen LogP contribution in [0.1, 0.15) is 26.3 Å². The van der Waals surface area contributed by atoms with Crippen molar-refractivity contribution in [3.05, 3.63) is 29.8 Å². The van der Waals surface area contributed by atoms with Gasteiger partial charge in [-0.05, 0) is 38.5 Å². The van der Waals surface area contributed by atoms with Gasteiger partial charge in [-0.3, -0.25) is 0 Å². The van der Waals surface area contributed by atoms with Crippen LogP contribution in [0.2, 0.25) is 0 Å². The van der Waals surface area contributed by atoms with Crippen LogP contribution in [0.3, 0.4) is 0 Å². The number of carbonyl (C=O) groups excluding carboxylic acids is 2. The van der Waals surface area contributed by atoms with Gasteiger partial charge in [0.2, 0.25) is 0 Å². The van der Waals surface area contributed by atoms with E-state index in [0.29, 0.717) is 6.54 Å². The van der Waals surface area contributed by atoms with Crippen molar-refractivity contribution in [1.82, 2.24) is 5.32 Å². The van der Waals surface area contributed by atoms with E-state index in [0.717, 1.165) is 11.3 Å². The maximum Gasteiger partial charge on any atom is 0.408 e. The summed E-state index contributed by atoms with van der Waals surface area (Å²) in [6, 6.07) is 6.53. The molecule has 7 heteroatoms. The maximum atomic E-state index is 11.9. The highest BCUT2D eigenvalue weighted by atomic mass is 16.6. The summed E-state index contributed by atoms with van der Waals surface area (Å²) >= 11 is 0. The number of hydrogen-bond donors (Lipinski definition) is 3. The third kappa shape index (κ3) is 7.32. The first kappa shape index (κ1) is 19.8. The molecule has 0 unspecified atom stereocenters. The van der Waals surface area contributed by atoms with Crippen LogP contribution in [0, 0.1) is 0 Å². The Hall–Kier alpha value is -2.28. The smallest absolute Gasteiger partial charge is 0.408 e. The number of benzene rings is 1. The molecule has 1 atom stereocenters. The van der Waals surface area contributed by atoms with E-state index in [9.17, 15) is 9.59 Å². The number of carbonyl (C=O) groups is 2. The SMILES string of the molecule is COC(=O)[C@H](Cc1ccc(NCCO)cc1)NC(=O)OC(C)(C)C. The van der Waals surface area contributed by atoms with Gasteiger partial charge in [-0.25, -0.2) is 9.59 Å². The van der Waals surface area contributed by atoms with Crippen LogP contribution in [0.4, 0.5) is 10.5 Å². The van der Waals surface area contributed by atoms with Crippen LogP contribution < -0.4 is 10.6 Å². The summed E-state index contributed by atoms with van der Waals surface area (Å²) in [5, 5.41) is 14.4. The van der Waals surface area contributed by atoms with Crippen molar-refractivity contribution >= 4 is 17.7 Å². The summed E-state index contributed by atoms with van der Waals surface area (Å²) in [4.78, 5) is 23.8. The Balaban J connectivity index is 2.72. The van der Waals surface area contributed by atoms with E-state index in [1.807, 2.05) is 24.3 Å². The molecule has 1 aromatic carbocycles. The lowest BCUT2D eigenvalue weighted by molar-refractivity contribution is -0.143. The van der Waals surface area contributed by atoms with E-state index in [2.05, 4.69) is 10.6 Å². The number of aliphatic hydroxyl groups excluding tert-OH is 1. The van der Waals surface area contributed by atoms with Crippen molar-refractivity contribution in [1.29, 1.82) is 0 Å². The first-order valence-corrected chi connectivity index (χ1v) is 7.76. The lowest BCUT2D eigenvalue weighted by Gasteiger charge is -2.22. The van der Waals surface area contributed by atoms with Gasteiger partial charge in [0, 0.05) is 18.7 Å². The quantitative estimate of drug-likeness (QED) is 0.655. The molecule has 0 bridgehead atoms. The van der Waals surface area contributed by atoms with Gasteiger partial charge in [0.15, 0.2) is 0 Å². The lowest BCUT2D eigenvalue weighted by Crippen LogP contribution is -2.45. The minimum atomic E-state index is -0.832. The van der Waals surface area contributed by atoms with Crippen LogP contribution in [-0.4, -0.2) is 49.1 Å². The predicted octanol–water partition coefficient (Wildman–Crippen LogP) is 1.70. The molecule has 0 aromatic heterocycles. The van der Waals surface area contributed by atoms with Gasteiger partial charge in [0.1, 0.15) is 11.6 Å². The third-order valence-electron chi connectivity index (χ3n) is 3.01. The fraction of sp³-hybridized carbons (Fsp3) is 0.529. The van der Waals surface area contributed by atoms with Crippen molar-refractivity contribution in [2.24, 2.45) is 0 Å². The number of aliphatic hydroxyl groups is 1. The highest BCUT2D eigenvalue weighted by Crippen LogP contribution is 2.12. The molecule has 0 saturated heterocycles. The van der Waals surface area contributed by atoms with Gasteiger partial charge in [-0.1, -0.05) is 12.1 Å². The van der Waals surface area contributed by atoms with E-state index >= 15 is 0 Å². The van der Waals surface area contributed by atoms with Crippen LogP contribution in [0.5, 0.6) is 0 Å². The second-order valence-corrected chi connectivity index (χ2v) is 6.27. The van der Waals surface area contributed by atoms with Gasteiger partial charge in [-0.15, -0.1) is 0 Å². The molecule has 0 aliphatic carbocycles. The largest absolute Gasteiger partial charge is 0.467 e. The van der Waals surface area contributed by atoms with Crippen molar-refractivity contribution in [2.75, 3.05) is 25.6 Å². The Morgan fingerprint density at radius 2 is 1.83 bits per heavy atom. The summed E-state index contributed by atoms with van der Waals surface area (Å²) < 4.78 is 9.92. The Morgan fingerprint density at radius 3 is 2.33 bits per heavy atom. The number of methoxy groups -OCH3 is 1. The number of nitrogens with one attached hydrogen (secondary N) is 2. The Labute approximate surface area is 142 Å². The topological polar surface area (TPSA) is 96.9 Å². The molecular weight excluding hydrogens is 312 g/mol. The Morgan fingerprint density at radius 1 is 1.21 bits per heavy atom. The molecule has 1 aromatic rings.